The number of esters is 1. The fraction of sp³-hybridized carbons (Fsp3) is 0.444. The maximum Gasteiger partial charge on any atom is 0.409 e. The summed E-state index contributed by atoms with van der Waals surface area (Å²) in [6, 6.07) is 3.73. The van der Waals surface area contributed by atoms with E-state index in [1.165, 1.54) is 24.3 Å². The molecule has 0 saturated carbocycles. The summed E-state index contributed by atoms with van der Waals surface area (Å²) in [5.74, 6) is -3.28. The van der Waals surface area contributed by atoms with Gasteiger partial charge in [-0.25, -0.2) is 14.4 Å². The maximum atomic E-state index is 12.6. The zero-order valence-corrected chi connectivity index (χ0v) is 16.7. The maximum absolute atomic E-state index is 12.6. The SMILES string of the molecule is CC(C)(C)OC(=O)C(OC(=O)N[C@H](CCC(N)=O)C(=O)O)c1ccccc1N([O-])O. The molecule has 12 nitrogen and oxygen atoms in total. The van der Waals surface area contributed by atoms with Crippen LogP contribution in [-0.4, -0.2) is 45.9 Å². The van der Waals surface area contributed by atoms with E-state index in [1.807, 2.05) is 5.32 Å². The van der Waals surface area contributed by atoms with Gasteiger partial charge in [0, 0.05) is 12.0 Å². The van der Waals surface area contributed by atoms with Crippen LogP contribution in [0.5, 0.6) is 0 Å². The molecule has 0 aromatic heterocycles. The topological polar surface area (TPSA) is 192 Å². The fourth-order valence-electron chi connectivity index (χ4n) is 2.30. The number of anilines is 1. The second kappa shape index (κ2) is 10.4. The molecule has 0 aliphatic heterocycles. The summed E-state index contributed by atoms with van der Waals surface area (Å²) >= 11 is 0. The lowest BCUT2D eigenvalue weighted by atomic mass is 10.1. The Balaban J connectivity index is 3.14. The Morgan fingerprint density at radius 3 is 2.33 bits per heavy atom. The second-order valence-electron chi connectivity index (χ2n) is 7.19. The number of carboxylic acids is 1. The van der Waals surface area contributed by atoms with Crippen molar-refractivity contribution in [1.29, 1.82) is 0 Å². The highest BCUT2D eigenvalue weighted by Crippen LogP contribution is 2.30. The molecule has 0 radical (unpaired) electrons. The van der Waals surface area contributed by atoms with Crippen LogP contribution in [-0.2, 0) is 23.9 Å². The van der Waals surface area contributed by atoms with Crippen LogP contribution in [0.2, 0.25) is 0 Å². The molecule has 0 heterocycles. The average molecular weight is 426 g/mol. The molecule has 0 spiro atoms. The highest BCUT2D eigenvalue weighted by molar-refractivity contribution is 5.85. The molecule has 0 aliphatic rings. The monoisotopic (exact) mass is 426 g/mol. The molecule has 2 amide bonds. The van der Waals surface area contributed by atoms with Gasteiger partial charge in [0.2, 0.25) is 12.0 Å². The Morgan fingerprint density at radius 1 is 1.23 bits per heavy atom. The highest BCUT2D eigenvalue weighted by Gasteiger charge is 2.33. The van der Waals surface area contributed by atoms with E-state index < -0.39 is 46.9 Å². The number of primary amides is 1. The summed E-state index contributed by atoms with van der Waals surface area (Å²) < 4.78 is 10.2. The number of amides is 2. The third-order valence-electron chi connectivity index (χ3n) is 3.54. The van der Waals surface area contributed by atoms with Crippen molar-refractivity contribution in [2.45, 2.75) is 51.4 Å². The van der Waals surface area contributed by atoms with Crippen molar-refractivity contribution in [2.24, 2.45) is 5.73 Å². The molecule has 0 saturated heterocycles. The standard InChI is InChI=1S/C18H24N3O9/c1-18(2,3)30-16(25)14(10-6-4-5-7-12(10)21(27)28)29-17(26)20-11(15(23)24)8-9-13(19)22/h4-7,11,14,27H,8-9H2,1-3H3,(H2,19,22)(H,20,26)(H,23,24)/q-1/t11-,14?/m1/s1. The lowest BCUT2D eigenvalue weighted by Gasteiger charge is -2.29. The van der Waals surface area contributed by atoms with Gasteiger partial charge in [0.25, 0.3) is 0 Å². The number of hydrogen-bond acceptors (Lipinski definition) is 9. The van der Waals surface area contributed by atoms with Gasteiger partial charge in [-0.05, 0) is 33.3 Å². The van der Waals surface area contributed by atoms with Gasteiger partial charge in [-0.2, -0.15) is 0 Å². The number of carbonyl (C=O) groups is 4. The molecular formula is C18H24N3O9-. The molecule has 12 heteroatoms. The van der Waals surface area contributed by atoms with E-state index in [0.717, 1.165) is 0 Å². The van der Waals surface area contributed by atoms with Gasteiger partial charge in [0.05, 0.1) is 5.69 Å². The zero-order chi connectivity index (χ0) is 23.1. The number of ether oxygens (including phenoxy) is 2. The van der Waals surface area contributed by atoms with E-state index in [9.17, 15) is 34.7 Å². The summed E-state index contributed by atoms with van der Waals surface area (Å²) in [6.45, 7) is 4.68. The normalized spacial score (nSPS) is 13.0. The third-order valence-corrected chi connectivity index (χ3v) is 3.54. The summed E-state index contributed by atoms with van der Waals surface area (Å²) in [5, 5.41) is 31.4. The Hall–Kier alpha value is -3.38. The smallest absolute Gasteiger partial charge is 0.409 e. The van der Waals surface area contributed by atoms with Crippen LogP contribution >= 0.6 is 0 Å². The number of nitrogens with two attached hydrogens (primary N) is 1. The quantitative estimate of drug-likeness (QED) is 0.329. The highest BCUT2D eigenvalue weighted by atomic mass is 16.8. The molecule has 1 unspecified atom stereocenters. The molecule has 1 aromatic carbocycles. The molecule has 5 N–H and O–H groups in total. The van der Waals surface area contributed by atoms with Gasteiger partial charge in [0.15, 0.2) is 0 Å². The molecular weight excluding hydrogens is 402 g/mol. The predicted molar refractivity (Wildman–Crippen MR) is 102 cm³/mol. The van der Waals surface area contributed by atoms with Crippen LogP contribution < -0.4 is 16.3 Å². The van der Waals surface area contributed by atoms with Crippen LogP contribution in [0.15, 0.2) is 24.3 Å². The van der Waals surface area contributed by atoms with E-state index in [2.05, 4.69) is 0 Å². The first-order valence-corrected chi connectivity index (χ1v) is 8.78. The van der Waals surface area contributed by atoms with Crippen LogP contribution in [0.25, 0.3) is 0 Å². The van der Waals surface area contributed by atoms with Crippen LogP contribution in [0.1, 0.15) is 45.3 Å². The summed E-state index contributed by atoms with van der Waals surface area (Å²) in [5.41, 5.74) is 3.42. The van der Waals surface area contributed by atoms with Gasteiger partial charge in [0.1, 0.15) is 11.6 Å². The summed E-state index contributed by atoms with van der Waals surface area (Å²) in [7, 11) is 0. The second-order valence-corrected chi connectivity index (χ2v) is 7.19. The minimum atomic E-state index is -1.80. The molecule has 0 fully saturated rings. The van der Waals surface area contributed by atoms with Crippen molar-refractivity contribution in [1.82, 2.24) is 5.32 Å². The van der Waals surface area contributed by atoms with E-state index in [1.54, 1.807) is 20.8 Å². The average Bonchev–Trinajstić information content (AvgIpc) is 2.61. The minimum Gasteiger partial charge on any atom is -0.733 e. The van der Waals surface area contributed by atoms with Gasteiger partial charge in [-0.15, -0.1) is 0 Å². The molecule has 1 aromatic rings. The number of carboxylic acid groups (broad SMARTS) is 1. The van der Waals surface area contributed by atoms with E-state index in [-0.39, 0.29) is 24.1 Å². The Labute approximate surface area is 172 Å². The summed E-state index contributed by atoms with van der Waals surface area (Å²) in [6.07, 6.45) is -3.74. The number of hydrogen-bond donors (Lipinski definition) is 4. The van der Waals surface area contributed by atoms with Crippen molar-refractivity contribution in [3.63, 3.8) is 0 Å². The Kier molecular flexibility index (Phi) is 8.56. The zero-order valence-electron chi connectivity index (χ0n) is 16.7. The van der Waals surface area contributed by atoms with Crippen molar-refractivity contribution >= 4 is 29.6 Å². The first-order chi connectivity index (χ1) is 13.8. The van der Waals surface area contributed by atoms with Crippen LogP contribution in [0.3, 0.4) is 0 Å². The van der Waals surface area contributed by atoms with Crippen LogP contribution in [0.4, 0.5) is 10.5 Å². The van der Waals surface area contributed by atoms with E-state index in [4.69, 9.17) is 15.2 Å². The predicted octanol–water partition coefficient (Wildman–Crippen LogP) is 1.21. The molecule has 166 valence electrons. The number of nitrogens with one attached hydrogen (secondary N) is 1. The van der Waals surface area contributed by atoms with Crippen molar-refractivity contribution in [3.05, 3.63) is 35.0 Å². The Bertz CT molecular complexity index is 789. The number of rotatable bonds is 9. The van der Waals surface area contributed by atoms with Gasteiger partial charge in [-0.1, -0.05) is 18.2 Å². The van der Waals surface area contributed by atoms with Crippen molar-refractivity contribution in [2.75, 3.05) is 5.23 Å². The number of aliphatic carboxylic acids is 1. The van der Waals surface area contributed by atoms with E-state index in [0.29, 0.717) is 0 Å². The molecule has 1 rings (SSSR count). The number of para-hydroxylation sites is 1. The van der Waals surface area contributed by atoms with Crippen molar-refractivity contribution in [3.8, 4) is 0 Å². The fourth-order valence-corrected chi connectivity index (χ4v) is 2.30. The molecule has 30 heavy (non-hydrogen) atoms. The van der Waals surface area contributed by atoms with E-state index >= 15 is 0 Å². The third kappa shape index (κ3) is 7.93. The number of carbonyl (C=O) groups excluding carboxylic acids is 3. The summed E-state index contributed by atoms with van der Waals surface area (Å²) in [4.78, 5) is 47.0. The number of nitrogens with zero attached hydrogens (tertiary/aromatic N) is 1. The van der Waals surface area contributed by atoms with Crippen LogP contribution in [0, 0.1) is 5.21 Å². The number of alkyl carbamates (subject to hydrolysis) is 1. The largest absolute Gasteiger partial charge is 0.733 e. The Morgan fingerprint density at radius 2 is 1.83 bits per heavy atom. The molecule has 2 atom stereocenters. The minimum absolute atomic E-state index is 0.191. The lowest BCUT2D eigenvalue weighted by molar-refractivity contribution is -0.165. The number of benzene rings is 1. The van der Waals surface area contributed by atoms with Gasteiger partial charge < -0.3 is 36.1 Å². The molecule has 0 aliphatic carbocycles. The lowest BCUT2D eigenvalue weighted by Crippen LogP contribution is -2.43. The molecule has 0 bridgehead atoms. The first-order valence-electron chi connectivity index (χ1n) is 8.78. The van der Waals surface area contributed by atoms with Gasteiger partial charge >= 0.3 is 18.0 Å². The first kappa shape index (κ1) is 24.7. The van der Waals surface area contributed by atoms with Gasteiger partial charge in [-0.3, -0.25) is 10.0 Å². The van der Waals surface area contributed by atoms with Crippen molar-refractivity contribution < 1.29 is 39.0 Å².